The number of ether oxygens (including phenoxy) is 1. The van der Waals surface area contributed by atoms with E-state index in [1.165, 1.54) is 25.3 Å². The SMILES string of the molecule is COc1c(C(C)(C)C)cc(-n2ccc(=O)[nH]c2=O)c(F)c1-c1ccc(NC(=O)NS(C)(=O)=O)cc1F. The van der Waals surface area contributed by atoms with Crippen molar-refractivity contribution in [2.24, 2.45) is 0 Å². The van der Waals surface area contributed by atoms with Crippen molar-refractivity contribution >= 4 is 21.7 Å². The summed E-state index contributed by atoms with van der Waals surface area (Å²) in [5, 5.41) is 2.17. The van der Waals surface area contributed by atoms with Crippen molar-refractivity contribution in [2.45, 2.75) is 26.2 Å². The monoisotopic (exact) mass is 522 g/mol. The van der Waals surface area contributed by atoms with Crippen LogP contribution in [0.25, 0.3) is 16.8 Å². The molecule has 1 aromatic heterocycles. The molecular weight excluding hydrogens is 498 g/mol. The normalized spacial score (nSPS) is 11.8. The van der Waals surface area contributed by atoms with Crippen molar-refractivity contribution in [1.82, 2.24) is 14.3 Å². The van der Waals surface area contributed by atoms with Crippen molar-refractivity contribution in [3.63, 3.8) is 0 Å². The van der Waals surface area contributed by atoms with Crippen molar-refractivity contribution in [1.29, 1.82) is 0 Å². The lowest BCUT2D eigenvalue weighted by molar-refractivity contribution is 0.256. The number of sulfonamides is 1. The largest absolute Gasteiger partial charge is 0.496 e. The van der Waals surface area contributed by atoms with Gasteiger partial charge in [0.1, 0.15) is 11.6 Å². The standard InChI is InChI=1S/C23H24F2N4O6S/c1-23(2,3)14-11-16(29-9-8-17(30)27-22(29)32)19(25)18(20(14)35-4)13-7-6-12(10-15(13)24)26-21(31)28-36(5,33)34/h6-11H,1-5H3,(H2,26,28,31)(H,27,30,32). The molecule has 0 aliphatic rings. The lowest BCUT2D eigenvalue weighted by atomic mass is 9.83. The van der Waals surface area contributed by atoms with Gasteiger partial charge in [-0.25, -0.2) is 31.5 Å². The summed E-state index contributed by atoms with van der Waals surface area (Å²) < 4.78 is 61.7. The summed E-state index contributed by atoms with van der Waals surface area (Å²) in [6.45, 7) is 5.45. The second kappa shape index (κ2) is 9.57. The zero-order valence-corrected chi connectivity index (χ0v) is 20.8. The maximum Gasteiger partial charge on any atom is 0.333 e. The van der Waals surface area contributed by atoms with Crippen molar-refractivity contribution in [3.05, 3.63) is 74.6 Å². The molecule has 0 bridgehead atoms. The lowest BCUT2D eigenvalue weighted by Crippen LogP contribution is -2.33. The number of aromatic nitrogens is 2. The van der Waals surface area contributed by atoms with E-state index in [1.54, 1.807) is 4.72 Å². The van der Waals surface area contributed by atoms with E-state index in [9.17, 15) is 22.8 Å². The number of hydrogen-bond acceptors (Lipinski definition) is 6. The number of methoxy groups -OCH3 is 1. The zero-order valence-electron chi connectivity index (χ0n) is 20.0. The van der Waals surface area contributed by atoms with Crippen molar-refractivity contribution < 1.29 is 26.7 Å². The Morgan fingerprint density at radius 3 is 2.31 bits per heavy atom. The summed E-state index contributed by atoms with van der Waals surface area (Å²) in [5.41, 5.74) is -2.64. The van der Waals surface area contributed by atoms with Crippen molar-refractivity contribution in [2.75, 3.05) is 18.7 Å². The third-order valence-corrected chi connectivity index (χ3v) is 5.62. The molecule has 3 N–H and O–H groups in total. The number of hydrogen-bond donors (Lipinski definition) is 3. The van der Waals surface area contributed by atoms with Gasteiger partial charge in [0.2, 0.25) is 10.0 Å². The second-order valence-corrected chi connectivity index (χ2v) is 10.7. The van der Waals surface area contributed by atoms with Crippen LogP contribution in [0.4, 0.5) is 19.3 Å². The van der Waals surface area contributed by atoms with Gasteiger partial charge in [0.05, 0.1) is 24.6 Å². The second-order valence-electron chi connectivity index (χ2n) is 8.92. The number of urea groups is 1. The van der Waals surface area contributed by atoms with Crippen LogP contribution in [0.1, 0.15) is 26.3 Å². The number of aromatic amines is 1. The fourth-order valence-corrected chi connectivity index (χ4v) is 3.93. The predicted molar refractivity (Wildman–Crippen MR) is 130 cm³/mol. The zero-order chi connectivity index (χ0) is 27.0. The molecule has 0 spiro atoms. The molecule has 0 fully saturated rings. The minimum atomic E-state index is -3.85. The molecule has 0 unspecified atom stereocenters. The Morgan fingerprint density at radius 2 is 1.78 bits per heavy atom. The van der Waals surface area contributed by atoms with E-state index in [0.29, 0.717) is 5.56 Å². The smallest absolute Gasteiger partial charge is 0.333 e. The highest BCUT2D eigenvalue weighted by Crippen LogP contribution is 2.44. The average molecular weight is 523 g/mol. The minimum Gasteiger partial charge on any atom is -0.496 e. The van der Waals surface area contributed by atoms with Crippen LogP contribution in [0, 0.1) is 11.6 Å². The van der Waals surface area contributed by atoms with Gasteiger partial charge in [0, 0.05) is 29.1 Å². The Labute approximate surface area is 205 Å². The van der Waals surface area contributed by atoms with Crippen LogP contribution < -0.4 is 26.0 Å². The predicted octanol–water partition coefficient (Wildman–Crippen LogP) is 2.86. The average Bonchev–Trinajstić information content (AvgIpc) is 2.72. The molecule has 3 aromatic rings. The number of halogens is 2. The van der Waals surface area contributed by atoms with E-state index in [4.69, 9.17) is 4.74 Å². The summed E-state index contributed by atoms with van der Waals surface area (Å²) in [6.07, 6.45) is 1.88. The first-order chi connectivity index (χ1) is 16.6. The van der Waals surface area contributed by atoms with Gasteiger partial charge in [-0.05, 0) is 29.7 Å². The highest BCUT2D eigenvalue weighted by atomic mass is 32.2. The van der Waals surface area contributed by atoms with E-state index in [2.05, 4.69) is 10.3 Å². The first-order valence-electron chi connectivity index (χ1n) is 10.4. The highest BCUT2D eigenvalue weighted by molar-refractivity contribution is 7.89. The summed E-state index contributed by atoms with van der Waals surface area (Å²) >= 11 is 0. The molecule has 1 heterocycles. The maximum absolute atomic E-state index is 16.0. The molecule has 36 heavy (non-hydrogen) atoms. The molecule has 13 heteroatoms. The maximum atomic E-state index is 16.0. The van der Waals surface area contributed by atoms with Gasteiger partial charge in [0.15, 0.2) is 5.82 Å². The van der Waals surface area contributed by atoms with Gasteiger partial charge in [-0.2, -0.15) is 0 Å². The molecule has 2 amide bonds. The molecule has 2 aromatic carbocycles. The van der Waals surface area contributed by atoms with Gasteiger partial charge in [-0.15, -0.1) is 0 Å². The third kappa shape index (κ3) is 5.62. The van der Waals surface area contributed by atoms with Crippen LogP contribution in [-0.4, -0.2) is 37.4 Å². The van der Waals surface area contributed by atoms with Gasteiger partial charge in [0.25, 0.3) is 5.56 Å². The van der Waals surface area contributed by atoms with E-state index in [1.807, 2.05) is 20.8 Å². The molecule has 0 atom stereocenters. The summed E-state index contributed by atoms with van der Waals surface area (Å²) in [5.74, 6) is -1.94. The summed E-state index contributed by atoms with van der Waals surface area (Å²) in [6, 6.07) is 4.63. The number of anilines is 1. The van der Waals surface area contributed by atoms with Crippen LogP contribution >= 0.6 is 0 Å². The Kier molecular flexibility index (Phi) is 7.07. The van der Waals surface area contributed by atoms with Crippen molar-refractivity contribution in [3.8, 4) is 22.6 Å². The molecule has 192 valence electrons. The Bertz CT molecular complexity index is 1570. The Balaban J connectivity index is 2.26. The number of amides is 2. The fourth-order valence-electron chi connectivity index (χ4n) is 3.54. The number of rotatable bonds is 5. The molecule has 10 nitrogen and oxygen atoms in total. The summed E-state index contributed by atoms with van der Waals surface area (Å²) in [4.78, 5) is 37.8. The van der Waals surface area contributed by atoms with Crippen LogP contribution in [0.15, 0.2) is 46.1 Å². The molecule has 0 saturated carbocycles. The molecule has 0 aliphatic carbocycles. The van der Waals surface area contributed by atoms with Crippen LogP contribution in [-0.2, 0) is 15.4 Å². The van der Waals surface area contributed by atoms with Gasteiger partial charge >= 0.3 is 11.7 Å². The quantitative estimate of drug-likeness (QED) is 0.471. The highest BCUT2D eigenvalue weighted by Gasteiger charge is 2.29. The van der Waals surface area contributed by atoms with Crippen LogP contribution in [0.3, 0.4) is 0 Å². The molecular formula is C23H24F2N4O6S. The van der Waals surface area contributed by atoms with Gasteiger partial charge < -0.3 is 10.1 Å². The number of carbonyl (C=O) groups excluding carboxylic acids is 1. The first-order valence-corrected chi connectivity index (χ1v) is 12.3. The van der Waals surface area contributed by atoms with E-state index in [-0.39, 0.29) is 28.3 Å². The number of nitrogens with zero attached hydrogens (tertiary/aromatic N) is 1. The van der Waals surface area contributed by atoms with Gasteiger partial charge in [-0.3, -0.25) is 14.3 Å². The number of nitrogens with one attached hydrogen (secondary N) is 3. The molecule has 0 aliphatic heterocycles. The van der Waals surface area contributed by atoms with Gasteiger partial charge in [-0.1, -0.05) is 20.8 Å². The van der Waals surface area contributed by atoms with Crippen LogP contribution in [0.5, 0.6) is 5.75 Å². The lowest BCUT2D eigenvalue weighted by Gasteiger charge is -2.26. The molecule has 0 saturated heterocycles. The number of benzene rings is 2. The summed E-state index contributed by atoms with van der Waals surface area (Å²) in [7, 11) is -2.55. The van der Waals surface area contributed by atoms with Crippen LogP contribution in [0.2, 0.25) is 0 Å². The first kappa shape index (κ1) is 26.6. The Hall–Kier alpha value is -4.00. The number of H-pyrrole nitrogens is 1. The minimum absolute atomic E-state index is 0.0238. The van der Waals surface area contributed by atoms with E-state index >= 15 is 8.78 Å². The Morgan fingerprint density at radius 1 is 1.11 bits per heavy atom. The molecule has 3 rings (SSSR count). The topological polar surface area (TPSA) is 139 Å². The fraction of sp³-hybridized carbons (Fsp3) is 0.261. The van der Waals surface area contributed by atoms with E-state index < -0.39 is 44.4 Å². The molecule has 0 radical (unpaired) electrons. The third-order valence-electron chi connectivity index (χ3n) is 5.07. The number of carbonyl (C=O) groups is 1. The van der Waals surface area contributed by atoms with E-state index in [0.717, 1.165) is 29.2 Å².